The van der Waals surface area contributed by atoms with Crippen LogP contribution in [0.2, 0.25) is 0 Å². The Hall–Kier alpha value is -1.68. The van der Waals surface area contributed by atoms with E-state index in [1.807, 2.05) is 0 Å². The Balaban J connectivity index is 2.61. The Kier molecular flexibility index (Phi) is 2.51. The molecule has 0 aliphatic carbocycles. The van der Waals surface area contributed by atoms with Gasteiger partial charge < -0.3 is 9.84 Å². The fraction of sp³-hybridized carbons (Fsp3) is 0.273. The highest BCUT2D eigenvalue weighted by molar-refractivity contribution is 5.93. The first-order valence-electron chi connectivity index (χ1n) is 4.66. The van der Waals surface area contributed by atoms with Crippen molar-refractivity contribution in [3.63, 3.8) is 0 Å². The normalized spacial score (nSPS) is 19.3. The summed E-state index contributed by atoms with van der Waals surface area (Å²) in [5.74, 6) is -0.556. The molecule has 0 fully saturated rings. The van der Waals surface area contributed by atoms with Crippen LogP contribution in [0.25, 0.3) is 6.08 Å². The Morgan fingerprint density at radius 1 is 1.67 bits per heavy atom. The Morgan fingerprint density at radius 2 is 2.47 bits per heavy atom. The molecule has 1 N–H and O–H groups in total. The highest BCUT2D eigenvalue weighted by Crippen LogP contribution is 2.29. The Bertz CT molecular complexity index is 414. The molecule has 0 saturated carbocycles. The SMILES string of the molecule is C=Cc1cncc2c1C(CO)COC2=O. The van der Waals surface area contributed by atoms with Gasteiger partial charge in [-0.15, -0.1) is 0 Å². The molecule has 4 heteroatoms. The van der Waals surface area contributed by atoms with Crippen LogP contribution in [-0.4, -0.2) is 29.3 Å². The highest BCUT2D eigenvalue weighted by Gasteiger charge is 2.28. The second kappa shape index (κ2) is 3.82. The minimum atomic E-state index is -0.383. The number of cyclic esters (lactones) is 1. The maximum absolute atomic E-state index is 11.4. The summed E-state index contributed by atoms with van der Waals surface area (Å²) in [7, 11) is 0. The zero-order valence-corrected chi connectivity index (χ0v) is 8.14. The van der Waals surface area contributed by atoms with Crippen LogP contribution in [0.4, 0.5) is 0 Å². The molecule has 0 bridgehead atoms. The predicted octanol–water partition coefficient (Wildman–Crippen LogP) is 0.971. The van der Waals surface area contributed by atoms with Crippen LogP contribution in [0.1, 0.15) is 27.4 Å². The second-order valence-electron chi connectivity index (χ2n) is 3.37. The lowest BCUT2D eigenvalue weighted by Gasteiger charge is -2.24. The number of esters is 1. The third-order valence-corrected chi connectivity index (χ3v) is 2.50. The van der Waals surface area contributed by atoms with Gasteiger partial charge in [-0.05, 0) is 11.1 Å². The van der Waals surface area contributed by atoms with Crippen molar-refractivity contribution in [3.05, 3.63) is 35.7 Å². The molecular weight excluding hydrogens is 194 g/mol. The largest absolute Gasteiger partial charge is 0.461 e. The number of aliphatic hydroxyl groups is 1. The molecule has 15 heavy (non-hydrogen) atoms. The Labute approximate surface area is 87.2 Å². The number of pyridine rings is 1. The molecule has 4 nitrogen and oxygen atoms in total. The molecule has 1 atom stereocenters. The zero-order valence-electron chi connectivity index (χ0n) is 8.14. The molecule has 0 radical (unpaired) electrons. The van der Waals surface area contributed by atoms with Gasteiger partial charge in [-0.3, -0.25) is 4.98 Å². The first kappa shape index (κ1) is 9.86. The van der Waals surface area contributed by atoms with E-state index in [1.54, 1.807) is 12.3 Å². The van der Waals surface area contributed by atoms with E-state index in [0.29, 0.717) is 5.56 Å². The van der Waals surface area contributed by atoms with Crippen molar-refractivity contribution in [2.45, 2.75) is 5.92 Å². The smallest absolute Gasteiger partial charge is 0.340 e. The summed E-state index contributed by atoms with van der Waals surface area (Å²) in [5, 5.41) is 9.20. The maximum Gasteiger partial charge on any atom is 0.340 e. The van der Waals surface area contributed by atoms with Crippen molar-refractivity contribution in [1.29, 1.82) is 0 Å². The molecule has 0 amide bonds. The molecular formula is C11H11NO3. The van der Waals surface area contributed by atoms with Crippen LogP contribution in [0.15, 0.2) is 19.0 Å². The number of hydrogen-bond donors (Lipinski definition) is 1. The van der Waals surface area contributed by atoms with Gasteiger partial charge in [-0.2, -0.15) is 0 Å². The molecule has 0 aromatic carbocycles. The number of hydrogen-bond acceptors (Lipinski definition) is 4. The Morgan fingerprint density at radius 3 is 3.13 bits per heavy atom. The van der Waals surface area contributed by atoms with Gasteiger partial charge in [-0.25, -0.2) is 4.79 Å². The standard InChI is InChI=1S/C11H11NO3/c1-2-7-3-12-4-9-10(7)8(5-13)6-15-11(9)14/h2-4,8,13H,1,5-6H2. The second-order valence-corrected chi connectivity index (χ2v) is 3.37. The minimum Gasteiger partial charge on any atom is -0.461 e. The summed E-state index contributed by atoms with van der Waals surface area (Å²) in [6, 6.07) is 0. The molecule has 1 unspecified atom stereocenters. The lowest BCUT2D eigenvalue weighted by molar-refractivity contribution is 0.0403. The van der Waals surface area contributed by atoms with E-state index in [0.717, 1.165) is 11.1 Å². The summed E-state index contributed by atoms with van der Waals surface area (Å²) >= 11 is 0. The fourth-order valence-corrected chi connectivity index (χ4v) is 1.75. The van der Waals surface area contributed by atoms with Gasteiger partial charge in [0.05, 0.1) is 12.2 Å². The third-order valence-electron chi connectivity index (χ3n) is 2.50. The van der Waals surface area contributed by atoms with E-state index in [4.69, 9.17) is 4.74 Å². The number of fused-ring (bicyclic) bond motifs is 1. The summed E-state index contributed by atoms with van der Waals surface area (Å²) < 4.78 is 4.93. The number of aliphatic hydroxyl groups excluding tert-OH is 1. The molecule has 1 aliphatic rings. The van der Waals surface area contributed by atoms with Gasteiger partial charge in [0, 0.05) is 18.3 Å². The van der Waals surface area contributed by atoms with Crippen molar-refractivity contribution < 1.29 is 14.6 Å². The topological polar surface area (TPSA) is 59.4 Å². The van der Waals surface area contributed by atoms with Crippen molar-refractivity contribution in [2.24, 2.45) is 0 Å². The monoisotopic (exact) mass is 205 g/mol. The number of ether oxygens (including phenoxy) is 1. The van der Waals surface area contributed by atoms with E-state index in [2.05, 4.69) is 11.6 Å². The number of carbonyl (C=O) groups excluding carboxylic acids is 1. The molecule has 1 aromatic rings. The summed E-state index contributed by atoms with van der Waals surface area (Å²) in [4.78, 5) is 15.4. The first-order chi connectivity index (χ1) is 7.27. The highest BCUT2D eigenvalue weighted by atomic mass is 16.5. The number of aromatic nitrogens is 1. The minimum absolute atomic E-state index is 0.0505. The average molecular weight is 205 g/mol. The van der Waals surface area contributed by atoms with Gasteiger partial charge in [0.25, 0.3) is 0 Å². The number of carbonyl (C=O) groups is 1. The lowest BCUT2D eigenvalue weighted by atomic mass is 9.91. The maximum atomic E-state index is 11.4. The quantitative estimate of drug-likeness (QED) is 0.731. The average Bonchev–Trinajstić information content (AvgIpc) is 2.29. The van der Waals surface area contributed by atoms with Crippen LogP contribution < -0.4 is 0 Å². The van der Waals surface area contributed by atoms with Crippen LogP contribution in [-0.2, 0) is 4.74 Å². The van der Waals surface area contributed by atoms with Gasteiger partial charge in [0.1, 0.15) is 6.61 Å². The molecule has 1 aliphatic heterocycles. The van der Waals surface area contributed by atoms with E-state index in [9.17, 15) is 9.90 Å². The summed E-state index contributed by atoms with van der Waals surface area (Å²) in [6.07, 6.45) is 4.73. The first-order valence-corrected chi connectivity index (χ1v) is 4.66. The van der Waals surface area contributed by atoms with Crippen molar-refractivity contribution in [1.82, 2.24) is 4.98 Å². The van der Waals surface area contributed by atoms with Crippen molar-refractivity contribution in [2.75, 3.05) is 13.2 Å². The van der Waals surface area contributed by atoms with Crippen molar-refractivity contribution >= 4 is 12.0 Å². The molecule has 1 aromatic heterocycles. The van der Waals surface area contributed by atoms with E-state index >= 15 is 0 Å². The predicted molar refractivity (Wildman–Crippen MR) is 54.4 cm³/mol. The lowest BCUT2D eigenvalue weighted by Crippen LogP contribution is -2.25. The molecule has 78 valence electrons. The van der Waals surface area contributed by atoms with Crippen LogP contribution >= 0.6 is 0 Å². The van der Waals surface area contributed by atoms with Gasteiger partial charge in [0.2, 0.25) is 0 Å². The molecule has 2 rings (SSSR count). The summed E-state index contributed by atoms with van der Waals surface area (Å²) in [5.41, 5.74) is 2.00. The van der Waals surface area contributed by atoms with Crippen molar-refractivity contribution in [3.8, 4) is 0 Å². The number of rotatable bonds is 2. The van der Waals surface area contributed by atoms with E-state index in [-0.39, 0.29) is 25.1 Å². The van der Waals surface area contributed by atoms with Gasteiger partial charge in [-0.1, -0.05) is 12.7 Å². The van der Waals surface area contributed by atoms with Crippen LogP contribution in [0, 0.1) is 0 Å². The molecule has 0 saturated heterocycles. The van der Waals surface area contributed by atoms with E-state index < -0.39 is 0 Å². The fourth-order valence-electron chi connectivity index (χ4n) is 1.75. The molecule has 0 spiro atoms. The zero-order chi connectivity index (χ0) is 10.8. The van der Waals surface area contributed by atoms with Gasteiger partial charge in [0.15, 0.2) is 0 Å². The third kappa shape index (κ3) is 1.53. The van der Waals surface area contributed by atoms with Gasteiger partial charge >= 0.3 is 5.97 Å². The number of nitrogens with zero attached hydrogens (tertiary/aromatic N) is 1. The summed E-state index contributed by atoms with van der Waals surface area (Å²) in [6.45, 7) is 3.82. The van der Waals surface area contributed by atoms with E-state index in [1.165, 1.54) is 6.20 Å². The van der Waals surface area contributed by atoms with Crippen LogP contribution in [0.5, 0.6) is 0 Å². The molecule has 2 heterocycles. The van der Waals surface area contributed by atoms with Crippen LogP contribution in [0.3, 0.4) is 0 Å².